The lowest BCUT2D eigenvalue weighted by atomic mass is 9.86. The van der Waals surface area contributed by atoms with Gasteiger partial charge >= 0.3 is 0 Å². The van der Waals surface area contributed by atoms with Crippen LogP contribution in [-0.4, -0.2) is 21.2 Å². The third kappa shape index (κ3) is 2.85. The average Bonchev–Trinajstić information content (AvgIpc) is 2.66. The van der Waals surface area contributed by atoms with Crippen LogP contribution in [0.1, 0.15) is 17.0 Å². The van der Waals surface area contributed by atoms with Gasteiger partial charge in [0.05, 0.1) is 21.8 Å². The minimum Gasteiger partial charge on any atom is -0.464 e. The number of ether oxygens (including phenoxy) is 1. The molecule has 1 N–H and O–H groups in total. The molecule has 3 aromatic rings. The van der Waals surface area contributed by atoms with E-state index in [2.05, 4.69) is 0 Å². The van der Waals surface area contributed by atoms with Gasteiger partial charge in [0, 0.05) is 17.2 Å². The topological polar surface area (TPSA) is 116 Å². The van der Waals surface area contributed by atoms with Crippen molar-refractivity contribution in [3.8, 4) is 5.75 Å². The minimum absolute atomic E-state index is 0.205. The van der Waals surface area contributed by atoms with Crippen molar-refractivity contribution in [1.29, 1.82) is 0 Å². The van der Waals surface area contributed by atoms with Crippen molar-refractivity contribution in [3.63, 3.8) is 0 Å². The van der Waals surface area contributed by atoms with Gasteiger partial charge in [-0.15, -0.1) is 0 Å². The minimum atomic E-state index is -1.29. The van der Waals surface area contributed by atoms with Crippen LogP contribution in [-0.2, 0) is 6.42 Å². The van der Waals surface area contributed by atoms with Crippen molar-refractivity contribution in [1.82, 2.24) is 0 Å². The lowest BCUT2D eigenvalue weighted by molar-refractivity contribution is -0.394. The Morgan fingerprint density at radius 1 is 1.00 bits per heavy atom. The highest BCUT2D eigenvalue weighted by atomic mass is 16.6. The number of non-ortho nitro benzene ring substituents is 1. The molecule has 2 atom stereocenters. The van der Waals surface area contributed by atoms with Crippen LogP contribution < -0.4 is 4.74 Å². The Kier molecular flexibility index (Phi) is 3.97. The van der Waals surface area contributed by atoms with E-state index in [1.165, 1.54) is 12.1 Å². The molecule has 0 saturated heterocycles. The van der Waals surface area contributed by atoms with Crippen molar-refractivity contribution in [3.05, 3.63) is 86.0 Å². The summed E-state index contributed by atoms with van der Waals surface area (Å²) in [5, 5.41) is 34.8. The normalized spacial score (nSPS) is 18.6. The lowest BCUT2D eigenvalue weighted by Gasteiger charge is -2.31. The first-order valence-corrected chi connectivity index (χ1v) is 8.24. The number of nitro groups is 2. The van der Waals surface area contributed by atoms with E-state index in [0.717, 1.165) is 22.4 Å². The fourth-order valence-electron chi connectivity index (χ4n) is 3.55. The molecule has 0 spiro atoms. The standard InChI is InChI=1S/C19H14N2O6/c22-19-16(14-7-6-12(20(23)24)9-17(14)21(25)26)10-15-13-4-2-1-3-11(13)5-8-18(15)27-19/h1-9,16,19,22H,10H2. The fourth-order valence-corrected chi connectivity index (χ4v) is 3.55. The smallest absolute Gasteiger partial charge is 0.279 e. The van der Waals surface area contributed by atoms with Crippen LogP contribution in [0, 0.1) is 20.2 Å². The molecular weight excluding hydrogens is 352 g/mol. The second-order valence-electron chi connectivity index (χ2n) is 6.34. The van der Waals surface area contributed by atoms with Gasteiger partial charge in [0.1, 0.15) is 5.75 Å². The predicted molar refractivity (Wildman–Crippen MR) is 96.8 cm³/mol. The Hall–Kier alpha value is -3.52. The van der Waals surface area contributed by atoms with Crippen molar-refractivity contribution in [2.45, 2.75) is 18.6 Å². The van der Waals surface area contributed by atoms with Gasteiger partial charge in [0.2, 0.25) is 6.29 Å². The second kappa shape index (κ2) is 6.33. The molecule has 27 heavy (non-hydrogen) atoms. The number of nitro benzene ring substituents is 2. The number of benzene rings is 3. The van der Waals surface area contributed by atoms with Crippen molar-refractivity contribution < 1.29 is 19.7 Å². The number of hydrogen-bond donors (Lipinski definition) is 1. The molecule has 1 heterocycles. The highest BCUT2D eigenvalue weighted by molar-refractivity contribution is 5.88. The van der Waals surface area contributed by atoms with Gasteiger partial charge in [-0.25, -0.2) is 0 Å². The summed E-state index contributed by atoms with van der Waals surface area (Å²) in [4.78, 5) is 21.1. The van der Waals surface area contributed by atoms with E-state index < -0.39 is 27.7 Å². The van der Waals surface area contributed by atoms with Crippen LogP contribution in [0.15, 0.2) is 54.6 Å². The molecule has 0 aliphatic carbocycles. The summed E-state index contributed by atoms with van der Waals surface area (Å²) in [6.07, 6.45) is -0.977. The first-order chi connectivity index (χ1) is 13.0. The largest absolute Gasteiger partial charge is 0.464 e. The highest BCUT2D eigenvalue weighted by Crippen LogP contribution is 2.42. The number of nitrogens with zero attached hydrogens (tertiary/aromatic N) is 2. The summed E-state index contributed by atoms with van der Waals surface area (Å²) in [6.45, 7) is 0. The molecule has 0 fully saturated rings. The summed E-state index contributed by atoms with van der Waals surface area (Å²) in [5.74, 6) is -0.188. The number of hydrogen-bond acceptors (Lipinski definition) is 6. The van der Waals surface area contributed by atoms with Gasteiger partial charge in [-0.2, -0.15) is 0 Å². The van der Waals surface area contributed by atoms with Gasteiger partial charge in [-0.05, 0) is 29.3 Å². The Bertz CT molecular complexity index is 1080. The maximum atomic E-state index is 11.5. The van der Waals surface area contributed by atoms with Gasteiger partial charge in [-0.3, -0.25) is 20.2 Å². The van der Waals surface area contributed by atoms with E-state index in [-0.39, 0.29) is 11.3 Å². The van der Waals surface area contributed by atoms with E-state index in [9.17, 15) is 25.3 Å². The molecule has 1 aliphatic heterocycles. The molecule has 0 amide bonds. The second-order valence-corrected chi connectivity index (χ2v) is 6.34. The predicted octanol–water partition coefficient (Wildman–Crippen LogP) is 3.69. The number of aliphatic hydroxyl groups is 1. The van der Waals surface area contributed by atoms with Crippen LogP contribution >= 0.6 is 0 Å². The molecular formula is C19H14N2O6. The molecule has 136 valence electrons. The molecule has 0 aromatic heterocycles. The Morgan fingerprint density at radius 3 is 2.52 bits per heavy atom. The van der Waals surface area contributed by atoms with Crippen LogP contribution in [0.25, 0.3) is 10.8 Å². The lowest BCUT2D eigenvalue weighted by Crippen LogP contribution is -2.31. The van der Waals surface area contributed by atoms with E-state index in [1.807, 2.05) is 30.3 Å². The zero-order chi connectivity index (χ0) is 19.1. The summed E-state index contributed by atoms with van der Waals surface area (Å²) in [7, 11) is 0. The third-order valence-corrected chi connectivity index (χ3v) is 4.83. The fraction of sp³-hybridized carbons (Fsp3) is 0.158. The monoisotopic (exact) mass is 366 g/mol. The SMILES string of the molecule is O=[N+]([O-])c1ccc(C2Cc3c(ccc4ccccc34)OC2O)c([N+](=O)[O-])c1. The molecule has 3 aromatic carbocycles. The van der Waals surface area contributed by atoms with E-state index in [0.29, 0.717) is 12.2 Å². The van der Waals surface area contributed by atoms with Gasteiger partial charge in [-0.1, -0.05) is 30.3 Å². The van der Waals surface area contributed by atoms with E-state index in [4.69, 9.17) is 4.74 Å². The molecule has 0 radical (unpaired) electrons. The zero-order valence-corrected chi connectivity index (χ0v) is 13.9. The Labute approximate surface area is 152 Å². The number of aliphatic hydroxyl groups excluding tert-OH is 1. The van der Waals surface area contributed by atoms with Crippen LogP contribution in [0.4, 0.5) is 11.4 Å². The summed E-state index contributed by atoms with van der Waals surface area (Å²) >= 11 is 0. The van der Waals surface area contributed by atoms with Gasteiger partial charge in [0.25, 0.3) is 11.4 Å². The first-order valence-electron chi connectivity index (χ1n) is 8.24. The zero-order valence-electron chi connectivity index (χ0n) is 13.9. The van der Waals surface area contributed by atoms with Crippen LogP contribution in [0.5, 0.6) is 5.75 Å². The maximum Gasteiger partial charge on any atom is 0.279 e. The van der Waals surface area contributed by atoms with Gasteiger partial charge in [0.15, 0.2) is 0 Å². The summed E-state index contributed by atoms with van der Waals surface area (Å²) < 4.78 is 5.62. The summed E-state index contributed by atoms with van der Waals surface area (Å²) in [6, 6.07) is 14.8. The van der Waals surface area contributed by atoms with E-state index in [1.54, 1.807) is 6.07 Å². The molecule has 8 nitrogen and oxygen atoms in total. The first kappa shape index (κ1) is 16.9. The molecule has 0 bridgehead atoms. The summed E-state index contributed by atoms with van der Waals surface area (Å²) in [5.41, 5.74) is 0.274. The molecule has 2 unspecified atom stereocenters. The Balaban J connectivity index is 1.83. The van der Waals surface area contributed by atoms with Crippen LogP contribution in [0.3, 0.4) is 0 Å². The quantitative estimate of drug-likeness (QED) is 0.558. The van der Waals surface area contributed by atoms with Crippen molar-refractivity contribution >= 4 is 22.1 Å². The molecule has 8 heteroatoms. The number of rotatable bonds is 3. The highest BCUT2D eigenvalue weighted by Gasteiger charge is 2.35. The van der Waals surface area contributed by atoms with Gasteiger partial charge < -0.3 is 9.84 Å². The van der Waals surface area contributed by atoms with Crippen molar-refractivity contribution in [2.75, 3.05) is 0 Å². The number of fused-ring (bicyclic) bond motifs is 3. The Morgan fingerprint density at radius 2 is 1.78 bits per heavy atom. The third-order valence-electron chi connectivity index (χ3n) is 4.83. The molecule has 1 aliphatic rings. The average molecular weight is 366 g/mol. The molecule has 4 rings (SSSR count). The molecule has 0 saturated carbocycles. The maximum absolute atomic E-state index is 11.5. The van der Waals surface area contributed by atoms with Crippen molar-refractivity contribution in [2.24, 2.45) is 0 Å². The van der Waals surface area contributed by atoms with E-state index >= 15 is 0 Å². The van der Waals surface area contributed by atoms with Crippen LogP contribution in [0.2, 0.25) is 0 Å².